The van der Waals surface area contributed by atoms with Gasteiger partial charge in [0, 0.05) is 19.0 Å². The minimum absolute atomic E-state index is 0.230. The number of hydrogen-bond donors (Lipinski definition) is 2. The zero-order valence-corrected chi connectivity index (χ0v) is 17.5. The predicted octanol–water partition coefficient (Wildman–Crippen LogP) is 2.82. The number of methoxy groups -OCH3 is 2. The lowest BCUT2D eigenvalue weighted by Gasteiger charge is -2.32. The molecule has 8 heteroatoms. The molecule has 0 spiro atoms. The van der Waals surface area contributed by atoms with Gasteiger partial charge in [0.2, 0.25) is 5.91 Å². The quantitative estimate of drug-likeness (QED) is 0.716. The second-order valence-electron chi connectivity index (χ2n) is 7.72. The van der Waals surface area contributed by atoms with Crippen molar-refractivity contribution in [3.05, 3.63) is 48.3 Å². The van der Waals surface area contributed by atoms with Gasteiger partial charge in [-0.1, -0.05) is 6.58 Å². The van der Waals surface area contributed by atoms with Crippen LogP contribution in [0.25, 0.3) is 0 Å². The Balaban J connectivity index is 1.54. The van der Waals surface area contributed by atoms with Crippen LogP contribution in [-0.2, 0) is 11.8 Å². The number of aromatic nitrogens is 2. The highest BCUT2D eigenvalue weighted by atomic mass is 16.5. The molecule has 1 saturated carbocycles. The van der Waals surface area contributed by atoms with E-state index >= 15 is 0 Å². The Hall–Kier alpha value is -3.29. The smallest absolute Gasteiger partial charge is 0.247 e. The third-order valence-corrected chi connectivity index (χ3v) is 6.02. The number of carbonyl (C=O) groups excluding carboxylic acids is 1. The molecule has 2 aliphatic rings. The van der Waals surface area contributed by atoms with Crippen molar-refractivity contribution >= 4 is 17.3 Å². The van der Waals surface area contributed by atoms with Crippen molar-refractivity contribution in [3.8, 4) is 11.5 Å². The van der Waals surface area contributed by atoms with Crippen LogP contribution in [-0.4, -0.2) is 41.7 Å². The van der Waals surface area contributed by atoms with Gasteiger partial charge in [0.15, 0.2) is 0 Å². The first-order chi connectivity index (χ1) is 14.5. The number of carbonyl (C=O) groups is 1. The highest BCUT2D eigenvalue weighted by Gasteiger charge is 2.40. The number of ether oxygens (including phenoxy) is 2. The zero-order valence-electron chi connectivity index (χ0n) is 17.5. The number of hydrazone groups is 1. The number of amides is 1. The Morgan fingerprint density at radius 3 is 2.67 bits per heavy atom. The van der Waals surface area contributed by atoms with Crippen molar-refractivity contribution in [2.45, 2.75) is 31.2 Å². The third kappa shape index (κ3) is 3.65. The summed E-state index contributed by atoms with van der Waals surface area (Å²) in [7, 11) is 5.21. The van der Waals surface area contributed by atoms with E-state index in [1.165, 1.54) is 11.6 Å². The number of nitrogens with zero attached hydrogens (tertiary/aromatic N) is 3. The van der Waals surface area contributed by atoms with Crippen LogP contribution in [0.2, 0.25) is 0 Å². The van der Waals surface area contributed by atoms with Crippen molar-refractivity contribution < 1.29 is 14.3 Å². The predicted molar refractivity (Wildman–Crippen MR) is 115 cm³/mol. The van der Waals surface area contributed by atoms with Crippen LogP contribution in [0, 0.1) is 5.92 Å². The maximum absolute atomic E-state index is 11.8. The van der Waals surface area contributed by atoms with Crippen LogP contribution < -0.4 is 20.2 Å². The molecule has 2 N–H and O–H groups in total. The highest BCUT2D eigenvalue weighted by molar-refractivity contribution is 6.09. The first-order valence-electron chi connectivity index (χ1n) is 10.1. The van der Waals surface area contributed by atoms with Gasteiger partial charge in [0.05, 0.1) is 37.9 Å². The molecule has 1 aliphatic heterocycles. The van der Waals surface area contributed by atoms with Gasteiger partial charge in [-0.15, -0.1) is 0 Å². The summed E-state index contributed by atoms with van der Waals surface area (Å²) in [4.78, 5) is 11.8. The van der Waals surface area contributed by atoms with Gasteiger partial charge in [-0.05, 0) is 49.0 Å². The summed E-state index contributed by atoms with van der Waals surface area (Å²) in [6, 6.07) is 6.31. The van der Waals surface area contributed by atoms with Crippen LogP contribution in [0.4, 0.5) is 5.69 Å². The molecule has 0 saturated heterocycles. The first-order valence-corrected chi connectivity index (χ1v) is 10.1. The van der Waals surface area contributed by atoms with Gasteiger partial charge in [0.1, 0.15) is 17.2 Å². The van der Waals surface area contributed by atoms with Gasteiger partial charge in [-0.25, -0.2) is 0 Å². The molecule has 4 rings (SSSR count). The van der Waals surface area contributed by atoms with E-state index in [0.29, 0.717) is 11.6 Å². The van der Waals surface area contributed by atoms with E-state index in [1.807, 2.05) is 13.1 Å². The maximum Gasteiger partial charge on any atom is 0.247 e. The molecule has 8 nitrogen and oxygen atoms in total. The van der Waals surface area contributed by atoms with Crippen LogP contribution in [0.1, 0.15) is 36.4 Å². The Morgan fingerprint density at radius 2 is 2.00 bits per heavy atom. The maximum atomic E-state index is 11.8. The molecule has 158 valence electrons. The topological polar surface area (TPSA) is 89.8 Å². The lowest BCUT2D eigenvalue weighted by Crippen LogP contribution is -2.36. The molecule has 2 unspecified atom stereocenters. The van der Waals surface area contributed by atoms with Gasteiger partial charge < -0.3 is 20.2 Å². The molecule has 1 aromatic heterocycles. The molecule has 0 bridgehead atoms. The van der Waals surface area contributed by atoms with Crippen molar-refractivity contribution in [1.29, 1.82) is 0 Å². The van der Waals surface area contributed by atoms with Crippen LogP contribution in [0.15, 0.2) is 42.2 Å². The number of nitrogens with one attached hydrogen (secondary N) is 2. The summed E-state index contributed by atoms with van der Waals surface area (Å²) in [6.07, 6.45) is 5.88. The van der Waals surface area contributed by atoms with Gasteiger partial charge in [0.25, 0.3) is 0 Å². The number of fused-ring (bicyclic) bond motifs is 1. The average Bonchev–Trinajstić information content (AvgIpc) is 3.35. The van der Waals surface area contributed by atoms with Crippen molar-refractivity contribution in [2.24, 2.45) is 18.1 Å². The van der Waals surface area contributed by atoms with Crippen LogP contribution in [0.3, 0.4) is 0 Å². The molecule has 1 aliphatic carbocycles. The molecule has 0 radical (unpaired) electrons. The molecule has 2 aromatic rings. The molecule has 30 heavy (non-hydrogen) atoms. The average molecular weight is 409 g/mol. The SMILES string of the molecule is C=CC(=O)Nc1cnn(C)c1C1=NNC2C[C@@H](c3cc(OC)cc(OC)c3)CCC12. The second kappa shape index (κ2) is 8.22. The van der Waals surface area contributed by atoms with E-state index in [4.69, 9.17) is 9.47 Å². The fourth-order valence-corrected chi connectivity index (χ4v) is 4.49. The van der Waals surface area contributed by atoms with Crippen molar-refractivity contribution in [2.75, 3.05) is 19.5 Å². The summed E-state index contributed by atoms with van der Waals surface area (Å²) in [5.41, 5.74) is 6.99. The second-order valence-corrected chi connectivity index (χ2v) is 7.72. The highest BCUT2D eigenvalue weighted by Crippen LogP contribution is 2.42. The van der Waals surface area contributed by atoms with E-state index in [2.05, 4.69) is 39.7 Å². The van der Waals surface area contributed by atoms with Gasteiger partial charge in [-0.2, -0.15) is 10.2 Å². The molecule has 1 amide bonds. The van der Waals surface area contributed by atoms with Crippen LogP contribution >= 0.6 is 0 Å². The summed E-state index contributed by atoms with van der Waals surface area (Å²) >= 11 is 0. The summed E-state index contributed by atoms with van der Waals surface area (Å²) in [5, 5.41) is 11.8. The number of hydrogen-bond acceptors (Lipinski definition) is 6. The third-order valence-electron chi connectivity index (χ3n) is 6.02. The van der Waals surface area contributed by atoms with Crippen molar-refractivity contribution in [3.63, 3.8) is 0 Å². The van der Waals surface area contributed by atoms with Gasteiger partial charge in [-0.3, -0.25) is 9.48 Å². The molecule has 3 atom stereocenters. The van der Waals surface area contributed by atoms with E-state index in [1.54, 1.807) is 25.1 Å². The Bertz CT molecular complexity index is 974. The minimum Gasteiger partial charge on any atom is -0.497 e. The van der Waals surface area contributed by atoms with Crippen LogP contribution in [0.5, 0.6) is 11.5 Å². The van der Waals surface area contributed by atoms with E-state index in [-0.39, 0.29) is 17.9 Å². The Morgan fingerprint density at radius 1 is 1.27 bits per heavy atom. The number of benzene rings is 1. The lowest BCUT2D eigenvalue weighted by atomic mass is 9.74. The number of rotatable bonds is 6. The molecule has 1 fully saturated rings. The monoisotopic (exact) mass is 409 g/mol. The summed E-state index contributed by atoms with van der Waals surface area (Å²) < 4.78 is 12.6. The van der Waals surface area contributed by atoms with Crippen molar-refractivity contribution in [1.82, 2.24) is 15.2 Å². The van der Waals surface area contributed by atoms with E-state index in [9.17, 15) is 4.79 Å². The molecule has 2 heterocycles. The normalized spacial score (nSPS) is 22.5. The summed E-state index contributed by atoms with van der Waals surface area (Å²) in [6.45, 7) is 3.52. The standard InChI is InChI=1S/C22H27N5O3/c1-5-20(28)24-19-12-23-27(2)22(19)21-17-7-6-13(10-18(17)25-26-21)14-8-15(29-3)11-16(9-14)30-4/h5,8-9,11-13,17-18,25H,1,6-7,10H2,2-4H3,(H,24,28)/t13-,17?,18?/m0/s1. The number of anilines is 1. The molecular formula is C22H27N5O3. The Kier molecular flexibility index (Phi) is 5.48. The largest absolute Gasteiger partial charge is 0.497 e. The van der Waals surface area contributed by atoms with E-state index < -0.39 is 0 Å². The number of aryl methyl sites for hydroxylation is 1. The molecule has 1 aromatic carbocycles. The summed E-state index contributed by atoms with van der Waals surface area (Å²) in [5.74, 6) is 2.01. The fraction of sp³-hybridized carbons (Fsp3) is 0.409. The van der Waals surface area contributed by atoms with Gasteiger partial charge >= 0.3 is 0 Å². The first kappa shape index (κ1) is 20.0. The molecular weight excluding hydrogens is 382 g/mol. The fourth-order valence-electron chi connectivity index (χ4n) is 4.49. The zero-order chi connectivity index (χ0) is 21.3. The minimum atomic E-state index is -0.261. The van der Waals surface area contributed by atoms with E-state index in [0.717, 1.165) is 42.2 Å². The Labute approximate surface area is 175 Å². The lowest BCUT2D eigenvalue weighted by molar-refractivity contribution is -0.111.